The van der Waals surface area contributed by atoms with E-state index in [0.717, 1.165) is 16.0 Å². The Kier molecular flexibility index (Phi) is 4.23. The smallest absolute Gasteiger partial charge is 0.241 e. The molecule has 0 heterocycles. The molecule has 0 aromatic heterocycles. The van der Waals surface area contributed by atoms with Gasteiger partial charge in [-0.2, -0.15) is 0 Å². The lowest BCUT2D eigenvalue weighted by atomic mass is 9.90. The van der Waals surface area contributed by atoms with E-state index in [0.29, 0.717) is 0 Å². The van der Waals surface area contributed by atoms with E-state index >= 15 is 0 Å². The van der Waals surface area contributed by atoms with Crippen molar-refractivity contribution in [1.82, 2.24) is 4.90 Å². The highest BCUT2D eigenvalue weighted by Gasteiger charge is 2.26. The number of hydrogen-bond acceptors (Lipinski definition) is 3. The Morgan fingerprint density at radius 3 is 2.14 bits per heavy atom. The number of phenols is 1. The van der Waals surface area contributed by atoms with Gasteiger partial charge in [0, 0.05) is 7.05 Å². The van der Waals surface area contributed by atoms with Crippen molar-refractivity contribution in [2.24, 2.45) is 5.73 Å². The van der Waals surface area contributed by atoms with Gasteiger partial charge in [0.25, 0.3) is 0 Å². The lowest BCUT2D eigenvalue weighted by molar-refractivity contribution is -0.127. The number of guanidine groups is 1. The molecule has 1 amide bonds. The molecule has 0 radical (unpaired) electrons. The zero-order valence-electron chi connectivity index (χ0n) is 11.7. The number of likely N-dealkylation sites (N-methyl/N-ethyl adjacent to an activating group) is 1. The molecule has 5 nitrogen and oxygen atoms in total. The summed E-state index contributed by atoms with van der Waals surface area (Å²) in [5.74, 6) is -1.03. The molecule has 2 aromatic rings. The van der Waals surface area contributed by atoms with E-state index in [1.807, 2.05) is 30.3 Å². The summed E-state index contributed by atoms with van der Waals surface area (Å²) in [6.07, 6.45) is 0. The third kappa shape index (κ3) is 3.20. The predicted molar refractivity (Wildman–Crippen MR) is 81.1 cm³/mol. The highest BCUT2D eigenvalue weighted by Crippen LogP contribution is 2.27. The molecule has 21 heavy (non-hydrogen) atoms. The highest BCUT2D eigenvalue weighted by atomic mass is 16.3. The lowest BCUT2D eigenvalue weighted by Gasteiger charge is -2.23. The fraction of sp³-hybridized carbons (Fsp3) is 0.125. The number of aromatic hydroxyl groups is 1. The number of carbonyl (C=O) groups is 1. The summed E-state index contributed by atoms with van der Waals surface area (Å²) in [5, 5.41) is 16.8. The van der Waals surface area contributed by atoms with E-state index in [-0.39, 0.29) is 17.6 Å². The number of amides is 1. The summed E-state index contributed by atoms with van der Waals surface area (Å²) in [4.78, 5) is 13.7. The molecule has 1 unspecified atom stereocenters. The summed E-state index contributed by atoms with van der Waals surface area (Å²) in [7, 11) is 1.47. The summed E-state index contributed by atoms with van der Waals surface area (Å²) >= 11 is 0. The zero-order chi connectivity index (χ0) is 15.4. The predicted octanol–water partition coefficient (Wildman–Crippen LogP) is 1.88. The molecule has 0 fully saturated rings. The molecule has 0 spiro atoms. The summed E-state index contributed by atoms with van der Waals surface area (Å²) < 4.78 is 0. The number of carbonyl (C=O) groups excluding carboxylic acids is 1. The molecule has 1 atom stereocenters. The van der Waals surface area contributed by atoms with Gasteiger partial charge in [-0.3, -0.25) is 15.1 Å². The van der Waals surface area contributed by atoms with Crippen LogP contribution in [0.1, 0.15) is 17.0 Å². The van der Waals surface area contributed by atoms with Crippen molar-refractivity contribution in [1.29, 1.82) is 5.41 Å². The van der Waals surface area contributed by atoms with E-state index in [1.54, 1.807) is 12.1 Å². The molecule has 0 bridgehead atoms. The maximum absolute atomic E-state index is 12.6. The van der Waals surface area contributed by atoms with E-state index < -0.39 is 5.92 Å². The van der Waals surface area contributed by atoms with Gasteiger partial charge < -0.3 is 10.8 Å². The van der Waals surface area contributed by atoms with Crippen LogP contribution in [0.3, 0.4) is 0 Å². The fourth-order valence-electron chi connectivity index (χ4n) is 2.10. The van der Waals surface area contributed by atoms with Gasteiger partial charge >= 0.3 is 0 Å². The van der Waals surface area contributed by atoms with Crippen molar-refractivity contribution in [3.63, 3.8) is 0 Å². The standard InChI is InChI=1S/C16H17N3O2/c1-19(16(17)18)15(21)14(11-5-3-2-4-6-11)12-7-9-13(20)10-8-12/h2-10,14,20H,1H3,(H3,17,18). The Hall–Kier alpha value is -2.82. The number of nitrogens with two attached hydrogens (primary N) is 1. The third-order valence-electron chi connectivity index (χ3n) is 3.30. The lowest BCUT2D eigenvalue weighted by Crippen LogP contribution is -2.41. The molecule has 108 valence electrons. The van der Waals surface area contributed by atoms with Gasteiger partial charge in [-0.15, -0.1) is 0 Å². The number of hydrogen-bond donors (Lipinski definition) is 3. The van der Waals surface area contributed by atoms with Gasteiger partial charge in [-0.05, 0) is 23.3 Å². The van der Waals surface area contributed by atoms with Gasteiger partial charge in [-0.25, -0.2) is 0 Å². The van der Waals surface area contributed by atoms with Crippen LogP contribution in [0.5, 0.6) is 5.75 Å². The van der Waals surface area contributed by atoms with E-state index in [4.69, 9.17) is 11.1 Å². The Bertz CT molecular complexity index is 638. The number of nitrogens with one attached hydrogen (secondary N) is 1. The molecular weight excluding hydrogens is 266 g/mol. The Morgan fingerprint density at radius 2 is 1.62 bits per heavy atom. The first kappa shape index (κ1) is 14.6. The molecular formula is C16H17N3O2. The van der Waals surface area contributed by atoms with Crippen molar-refractivity contribution >= 4 is 11.9 Å². The maximum atomic E-state index is 12.6. The van der Waals surface area contributed by atoms with Crippen molar-refractivity contribution in [3.8, 4) is 5.75 Å². The van der Waals surface area contributed by atoms with Crippen LogP contribution in [-0.2, 0) is 4.79 Å². The minimum atomic E-state index is -0.569. The second kappa shape index (κ2) is 6.09. The first-order valence-corrected chi connectivity index (χ1v) is 6.46. The van der Waals surface area contributed by atoms with Crippen molar-refractivity contribution in [3.05, 3.63) is 65.7 Å². The highest BCUT2D eigenvalue weighted by molar-refractivity contribution is 5.99. The topological polar surface area (TPSA) is 90.4 Å². The van der Waals surface area contributed by atoms with Crippen molar-refractivity contribution in [2.45, 2.75) is 5.92 Å². The van der Waals surface area contributed by atoms with E-state index in [2.05, 4.69) is 0 Å². The van der Waals surface area contributed by atoms with Crippen LogP contribution in [-0.4, -0.2) is 28.9 Å². The van der Waals surface area contributed by atoms with Crippen LogP contribution < -0.4 is 5.73 Å². The van der Waals surface area contributed by atoms with E-state index in [1.165, 1.54) is 19.2 Å². The maximum Gasteiger partial charge on any atom is 0.241 e. The van der Waals surface area contributed by atoms with Crippen LogP contribution >= 0.6 is 0 Å². The fourth-order valence-corrected chi connectivity index (χ4v) is 2.10. The molecule has 0 aliphatic carbocycles. The zero-order valence-corrected chi connectivity index (χ0v) is 11.7. The number of rotatable bonds is 3. The number of benzene rings is 2. The van der Waals surface area contributed by atoms with Crippen molar-refractivity contribution in [2.75, 3.05) is 7.05 Å². The van der Waals surface area contributed by atoms with Gasteiger partial charge in [0.2, 0.25) is 5.91 Å². The van der Waals surface area contributed by atoms with Crippen LogP contribution in [0, 0.1) is 5.41 Å². The monoisotopic (exact) mass is 283 g/mol. The normalized spacial score (nSPS) is 11.7. The van der Waals surface area contributed by atoms with Crippen LogP contribution in [0.2, 0.25) is 0 Å². The second-order valence-electron chi connectivity index (χ2n) is 4.72. The molecule has 4 N–H and O–H groups in total. The minimum absolute atomic E-state index is 0.137. The summed E-state index contributed by atoms with van der Waals surface area (Å²) in [6.45, 7) is 0. The number of phenolic OH excluding ortho intramolecular Hbond substituents is 1. The quantitative estimate of drug-likeness (QED) is 0.593. The molecule has 2 aromatic carbocycles. The van der Waals surface area contributed by atoms with E-state index in [9.17, 15) is 9.90 Å². The Labute approximate surface area is 123 Å². The Morgan fingerprint density at radius 1 is 1.10 bits per heavy atom. The minimum Gasteiger partial charge on any atom is -0.508 e. The molecule has 5 heteroatoms. The van der Waals surface area contributed by atoms with Gasteiger partial charge in [0.1, 0.15) is 5.75 Å². The van der Waals surface area contributed by atoms with Gasteiger partial charge in [-0.1, -0.05) is 42.5 Å². The third-order valence-corrected chi connectivity index (χ3v) is 3.30. The second-order valence-corrected chi connectivity index (χ2v) is 4.72. The van der Waals surface area contributed by atoms with Crippen LogP contribution in [0.15, 0.2) is 54.6 Å². The first-order valence-electron chi connectivity index (χ1n) is 6.46. The average molecular weight is 283 g/mol. The summed E-state index contributed by atoms with van der Waals surface area (Å²) in [6, 6.07) is 15.7. The molecule has 0 aliphatic heterocycles. The van der Waals surface area contributed by atoms with Gasteiger partial charge in [0.15, 0.2) is 5.96 Å². The van der Waals surface area contributed by atoms with Crippen LogP contribution in [0.25, 0.3) is 0 Å². The molecule has 0 saturated carbocycles. The van der Waals surface area contributed by atoms with Crippen LogP contribution in [0.4, 0.5) is 0 Å². The molecule has 0 aliphatic rings. The first-order chi connectivity index (χ1) is 10.0. The average Bonchev–Trinajstić information content (AvgIpc) is 2.49. The SMILES string of the molecule is CN(C(=N)N)C(=O)C(c1ccccc1)c1ccc(O)cc1. The largest absolute Gasteiger partial charge is 0.508 e. The number of nitrogens with zero attached hydrogens (tertiary/aromatic N) is 1. The molecule has 0 saturated heterocycles. The molecule has 2 rings (SSSR count). The van der Waals surface area contributed by atoms with Gasteiger partial charge in [0.05, 0.1) is 5.92 Å². The summed E-state index contributed by atoms with van der Waals surface area (Å²) in [5.41, 5.74) is 6.94. The Balaban J connectivity index is 2.47. The van der Waals surface area contributed by atoms with Crippen molar-refractivity contribution < 1.29 is 9.90 Å².